The van der Waals surface area contributed by atoms with E-state index >= 15 is 0 Å². The number of rotatable bonds is 6. The number of nitrogens with one attached hydrogen (secondary N) is 1. The molecule has 0 heterocycles. The Kier molecular flexibility index (Phi) is 4.21. The minimum absolute atomic E-state index is 0.00649. The smallest absolute Gasteiger partial charge is 0.307 e. The van der Waals surface area contributed by atoms with Crippen molar-refractivity contribution in [3.05, 3.63) is 12.2 Å². The summed E-state index contributed by atoms with van der Waals surface area (Å²) in [5.41, 5.74) is 0. The van der Waals surface area contributed by atoms with Gasteiger partial charge in [-0.2, -0.15) is 0 Å². The van der Waals surface area contributed by atoms with Gasteiger partial charge in [0, 0.05) is 7.11 Å². The third-order valence-corrected chi connectivity index (χ3v) is 3.98. The molecule has 0 aromatic rings. The first-order valence-electron chi connectivity index (χ1n) is 6.39. The van der Waals surface area contributed by atoms with Gasteiger partial charge >= 0.3 is 5.97 Å². The van der Waals surface area contributed by atoms with Gasteiger partial charge < -0.3 is 20.3 Å². The monoisotopic (exact) mass is 269 g/mol. The number of allylic oxidation sites excluding steroid dienone is 2. The summed E-state index contributed by atoms with van der Waals surface area (Å²) in [5, 5.41) is 21.1. The number of fused-ring (bicyclic) bond motifs is 2. The molecule has 0 aromatic carbocycles. The highest BCUT2D eigenvalue weighted by Gasteiger charge is 2.51. The normalized spacial score (nSPS) is 33.4. The number of carboxylic acids is 1. The third kappa shape index (κ3) is 2.64. The Morgan fingerprint density at radius 1 is 1.37 bits per heavy atom. The fourth-order valence-corrected chi connectivity index (χ4v) is 3.15. The van der Waals surface area contributed by atoms with Crippen LogP contribution in [0.3, 0.4) is 0 Å². The van der Waals surface area contributed by atoms with E-state index < -0.39 is 23.8 Å². The first-order valence-corrected chi connectivity index (χ1v) is 6.39. The molecule has 2 bridgehead atoms. The van der Waals surface area contributed by atoms with Crippen molar-refractivity contribution in [2.45, 2.75) is 12.5 Å². The largest absolute Gasteiger partial charge is 0.481 e. The van der Waals surface area contributed by atoms with Crippen LogP contribution >= 0.6 is 0 Å². The first-order chi connectivity index (χ1) is 9.08. The van der Waals surface area contributed by atoms with E-state index in [1.54, 1.807) is 0 Å². The van der Waals surface area contributed by atoms with Crippen molar-refractivity contribution in [3.63, 3.8) is 0 Å². The van der Waals surface area contributed by atoms with Crippen LogP contribution in [0.1, 0.15) is 6.42 Å². The second-order valence-corrected chi connectivity index (χ2v) is 5.18. The van der Waals surface area contributed by atoms with Gasteiger partial charge in [-0.3, -0.25) is 9.59 Å². The van der Waals surface area contributed by atoms with Crippen LogP contribution in [-0.2, 0) is 14.3 Å². The van der Waals surface area contributed by atoms with E-state index in [1.807, 2.05) is 12.2 Å². The van der Waals surface area contributed by atoms with E-state index in [2.05, 4.69) is 5.32 Å². The summed E-state index contributed by atoms with van der Waals surface area (Å²) < 4.78 is 4.89. The number of ether oxygens (including phenoxy) is 1. The molecule has 6 heteroatoms. The summed E-state index contributed by atoms with van der Waals surface area (Å²) in [6, 6.07) is -0.491. The van der Waals surface area contributed by atoms with Crippen molar-refractivity contribution in [2.75, 3.05) is 20.3 Å². The lowest BCUT2D eigenvalue weighted by atomic mass is 9.82. The Bertz CT molecular complexity index is 394. The van der Waals surface area contributed by atoms with Gasteiger partial charge in [0.05, 0.1) is 31.1 Å². The van der Waals surface area contributed by atoms with Crippen LogP contribution in [0, 0.1) is 23.7 Å². The topological polar surface area (TPSA) is 95.9 Å². The van der Waals surface area contributed by atoms with E-state index in [0.717, 1.165) is 6.42 Å². The zero-order valence-corrected chi connectivity index (χ0v) is 10.8. The number of hydrogen-bond donors (Lipinski definition) is 3. The molecule has 6 nitrogen and oxygen atoms in total. The fourth-order valence-electron chi connectivity index (χ4n) is 3.15. The number of carboxylic acid groups (broad SMARTS) is 1. The molecule has 0 spiro atoms. The summed E-state index contributed by atoms with van der Waals surface area (Å²) in [6.45, 7) is -0.0232. The Balaban J connectivity index is 2.05. The highest BCUT2D eigenvalue weighted by atomic mass is 16.5. The number of carbonyl (C=O) groups is 2. The molecule has 0 radical (unpaired) electrons. The molecule has 0 aromatic heterocycles. The Labute approximate surface area is 111 Å². The number of carbonyl (C=O) groups excluding carboxylic acids is 1. The summed E-state index contributed by atoms with van der Waals surface area (Å²) >= 11 is 0. The molecular formula is C13H19NO5. The molecular weight excluding hydrogens is 250 g/mol. The minimum atomic E-state index is -0.927. The number of amides is 1. The SMILES string of the molecule is COCC(CO)NC(=O)[C@H]1C2C=CC(C2)[C@H]1C(=O)O. The summed E-state index contributed by atoms with van der Waals surface area (Å²) in [4.78, 5) is 23.5. The second kappa shape index (κ2) is 5.71. The van der Waals surface area contributed by atoms with Crippen molar-refractivity contribution in [3.8, 4) is 0 Å². The van der Waals surface area contributed by atoms with Gasteiger partial charge in [0.15, 0.2) is 0 Å². The van der Waals surface area contributed by atoms with Gasteiger partial charge in [0.2, 0.25) is 5.91 Å². The van der Waals surface area contributed by atoms with Crippen LogP contribution in [0.15, 0.2) is 12.2 Å². The quantitative estimate of drug-likeness (QED) is 0.572. The number of aliphatic hydroxyl groups excluding tert-OH is 1. The van der Waals surface area contributed by atoms with Crippen molar-refractivity contribution >= 4 is 11.9 Å². The Hall–Kier alpha value is -1.40. The second-order valence-electron chi connectivity index (χ2n) is 5.18. The molecule has 0 saturated heterocycles. The number of aliphatic carboxylic acids is 1. The maximum atomic E-state index is 12.2. The lowest BCUT2D eigenvalue weighted by Crippen LogP contribution is -2.47. The van der Waals surface area contributed by atoms with E-state index in [1.165, 1.54) is 7.11 Å². The molecule has 106 valence electrons. The fraction of sp³-hybridized carbons (Fsp3) is 0.692. The van der Waals surface area contributed by atoms with Crippen LogP contribution in [0.5, 0.6) is 0 Å². The highest BCUT2D eigenvalue weighted by molar-refractivity contribution is 5.87. The van der Waals surface area contributed by atoms with E-state index in [-0.39, 0.29) is 31.0 Å². The van der Waals surface area contributed by atoms with Crippen molar-refractivity contribution in [1.82, 2.24) is 5.32 Å². The van der Waals surface area contributed by atoms with Gasteiger partial charge in [-0.1, -0.05) is 12.2 Å². The summed E-state index contributed by atoms with van der Waals surface area (Å²) in [6.07, 6.45) is 4.55. The molecule has 1 amide bonds. The highest BCUT2D eigenvalue weighted by Crippen LogP contribution is 2.48. The number of methoxy groups -OCH3 is 1. The van der Waals surface area contributed by atoms with Gasteiger partial charge in [0.25, 0.3) is 0 Å². The van der Waals surface area contributed by atoms with Gasteiger partial charge in [-0.05, 0) is 18.3 Å². The van der Waals surface area contributed by atoms with Crippen molar-refractivity contribution in [2.24, 2.45) is 23.7 Å². The van der Waals surface area contributed by atoms with Crippen molar-refractivity contribution in [1.29, 1.82) is 0 Å². The van der Waals surface area contributed by atoms with Crippen LogP contribution in [0.25, 0.3) is 0 Å². The molecule has 5 atom stereocenters. The predicted molar refractivity (Wildman–Crippen MR) is 66.2 cm³/mol. The molecule has 1 saturated carbocycles. The third-order valence-electron chi connectivity index (χ3n) is 3.98. The molecule has 2 rings (SSSR count). The maximum Gasteiger partial charge on any atom is 0.307 e. The molecule has 2 aliphatic carbocycles. The van der Waals surface area contributed by atoms with Gasteiger partial charge in [-0.15, -0.1) is 0 Å². The standard InChI is InChI=1S/C13H19NO5/c1-19-6-9(5-15)14-12(16)10-7-2-3-8(4-7)11(10)13(17)18/h2-3,7-11,15H,4-6H2,1H3,(H,14,16)(H,17,18)/t7?,8?,9?,10-,11+/m0/s1. The molecule has 3 unspecified atom stereocenters. The zero-order valence-electron chi connectivity index (χ0n) is 10.8. The average Bonchev–Trinajstić information content (AvgIpc) is 2.97. The Morgan fingerprint density at radius 2 is 2.00 bits per heavy atom. The number of aliphatic hydroxyl groups is 1. The summed E-state index contributed by atoms with van der Waals surface area (Å²) in [5.74, 6) is -2.49. The first kappa shape index (κ1) is 14.0. The maximum absolute atomic E-state index is 12.2. The lowest BCUT2D eigenvalue weighted by molar-refractivity contribution is -0.148. The Morgan fingerprint density at radius 3 is 2.53 bits per heavy atom. The molecule has 2 aliphatic rings. The van der Waals surface area contributed by atoms with Gasteiger partial charge in [0.1, 0.15) is 0 Å². The van der Waals surface area contributed by atoms with E-state index in [0.29, 0.717) is 0 Å². The van der Waals surface area contributed by atoms with E-state index in [4.69, 9.17) is 9.84 Å². The van der Waals surface area contributed by atoms with Crippen LogP contribution in [0.4, 0.5) is 0 Å². The molecule has 19 heavy (non-hydrogen) atoms. The van der Waals surface area contributed by atoms with Gasteiger partial charge in [-0.25, -0.2) is 0 Å². The zero-order chi connectivity index (χ0) is 14.0. The van der Waals surface area contributed by atoms with Crippen LogP contribution in [0.2, 0.25) is 0 Å². The molecule has 0 aliphatic heterocycles. The minimum Gasteiger partial charge on any atom is -0.481 e. The lowest BCUT2D eigenvalue weighted by Gasteiger charge is -2.26. The molecule has 1 fully saturated rings. The van der Waals surface area contributed by atoms with E-state index in [9.17, 15) is 14.7 Å². The molecule has 3 N–H and O–H groups in total. The summed E-state index contributed by atoms with van der Waals surface area (Å²) in [7, 11) is 1.48. The number of hydrogen-bond acceptors (Lipinski definition) is 4. The van der Waals surface area contributed by atoms with Crippen LogP contribution in [-0.4, -0.2) is 48.5 Å². The average molecular weight is 269 g/mol. The van der Waals surface area contributed by atoms with Crippen molar-refractivity contribution < 1.29 is 24.5 Å². The predicted octanol–water partition coefficient (Wildman–Crippen LogP) is -0.367. The van der Waals surface area contributed by atoms with Crippen LogP contribution < -0.4 is 5.32 Å².